The first-order chi connectivity index (χ1) is 10.1. The lowest BCUT2D eigenvalue weighted by Gasteiger charge is -2.27. The molecule has 2 saturated heterocycles. The summed E-state index contributed by atoms with van der Waals surface area (Å²) in [5.41, 5.74) is 5.58. The summed E-state index contributed by atoms with van der Waals surface area (Å²) in [7, 11) is 0. The van der Waals surface area contributed by atoms with Crippen LogP contribution in [0.25, 0.3) is 0 Å². The van der Waals surface area contributed by atoms with E-state index in [4.69, 9.17) is 10.5 Å². The van der Waals surface area contributed by atoms with E-state index in [-0.39, 0.29) is 23.8 Å². The van der Waals surface area contributed by atoms with E-state index in [1.165, 1.54) is 11.3 Å². The summed E-state index contributed by atoms with van der Waals surface area (Å²) in [4.78, 5) is 31.0. The maximum atomic E-state index is 12.4. The Labute approximate surface area is 126 Å². The van der Waals surface area contributed by atoms with Gasteiger partial charge in [-0.25, -0.2) is 4.98 Å². The topological polar surface area (TPSA) is 97.6 Å². The molecule has 3 N–H and O–H groups in total. The van der Waals surface area contributed by atoms with Crippen LogP contribution < -0.4 is 11.1 Å². The van der Waals surface area contributed by atoms with Gasteiger partial charge in [-0.3, -0.25) is 9.59 Å². The first kappa shape index (κ1) is 14.3. The third-order valence-corrected chi connectivity index (χ3v) is 4.63. The van der Waals surface area contributed by atoms with Crippen LogP contribution in [0.15, 0.2) is 6.20 Å². The van der Waals surface area contributed by atoms with Gasteiger partial charge in [0.05, 0.1) is 25.2 Å². The van der Waals surface area contributed by atoms with Gasteiger partial charge in [0.2, 0.25) is 11.8 Å². The molecule has 2 amide bonds. The molecule has 7 nitrogen and oxygen atoms in total. The Morgan fingerprint density at radius 1 is 1.52 bits per heavy atom. The van der Waals surface area contributed by atoms with Gasteiger partial charge < -0.3 is 20.7 Å². The predicted molar refractivity (Wildman–Crippen MR) is 77.7 cm³/mol. The minimum Gasteiger partial charge on any atom is -0.378 e. The van der Waals surface area contributed by atoms with Crippen LogP contribution >= 0.6 is 11.3 Å². The Kier molecular flexibility index (Phi) is 4.07. The van der Waals surface area contributed by atoms with Crippen molar-refractivity contribution in [3.8, 4) is 0 Å². The number of rotatable bonds is 3. The summed E-state index contributed by atoms with van der Waals surface area (Å²) < 4.78 is 5.45. The fourth-order valence-corrected chi connectivity index (χ4v) is 3.34. The molecule has 3 heterocycles. The first-order valence-corrected chi connectivity index (χ1v) is 7.79. The lowest BCUT2D eigenvalue weighted by atomic mass is 10.1. The van der Waals surface area contributed by atoms with Gasteiger partial charge in [-0.2, -0.15) is 0 Å². The van der Waals surface area contributed by atoms with Crippen molar-refractivity contribution in [3.05, 3.63) is 11.1 Å². The highest BCUT2D eigenvalue weighted by Gasteiger charge is 2.34. The van der Waals surface area contributed by atoms with Crippen LogP contribution in [0, 0.1) is 5.92 Å². The fourth-order valence-electron chi connectivity index (χ4n) is 2.66. The van der Waals surface area contributed by atoms with Crippen LogP contribution in [-0.2, 0) is 20.7 Å². The van der Waals surface area contributed by atoms with Crippen molar-refractivity contribution >= 4 is 28.3 Å². The van der Waals surface area contributed by atoms with Gasteiger partial charge in [-0.1, -0.05) is 0 Å². The summed E-state index contributed by atoms with van der Waals surface area (Å²) >= 11 is 1.41. The minimum atomic E-state index is -0.263. The largest absolute Gasteiger partial charge is 0.378 e. The number of carbonyl (C=O) groups excluding carboxylic acids is 2. The molecule has 8 heteroatoms. The summed E-state index contributed by atoms with van der Waals surface area (Å²) in [5.74, 6) is -0.209. The minimum absolute atomic E-state index is 0.0111. The van der Waals surface area contributed by atoms with Crippen molar-refractivity contribution in [2.75, 3.05) is 32.0 Å². The molecule has 0 saturated carbocycles. The number of aryl methyl sites for hydroxylation is 1. The average Bonchev–Trinajstić information content (AvgIpc) is 2.67. The van der Waals surface area contributed by atoms with E-state index in [9.17, 15) is 9.59 Å². The zero-order chi connectivity index (χ0) is 14.8. The molecule has 2 unspecified atom stereocenters. The molecule has 21 heavy (non-hydrogen) atoms. The van der Waals surface area contributed by atoms with Crippen molar-refractivity contribution in [1.29, 1.82) is 0 Å². The summed E-state index contributed by atoms with van der Waals surface area (Å²) in [6.45, 7) is 1.81. The van der Waals surface area contributed by atoms with Gasteiger partial charge in [-0.05, 0) is 6.42 Å². The number of aromatic nitrogens is 1. The molecule has 2 atom stereocenters. The highest BCUT2D eigenvalue weighted by Crippen LogP contribution is 2.18. The van der Waals surface area contributed by atoms with Crippen LogP contribution in [0.1, 0.15) is 11.3 Å². The third-order valence-electron chi connectivity index (χ3n) is 3.75. The van der Waals surface area contributed by atoms with Crippen molar-refractivity contribution in [3.63, 3.8) is 0 Å². The molecule has 2 aliphatic rings. The fraction of sp³-hybridized carbons (Fsp3) is 0.615. The third kappa shape index (κ3) is 3.33. The lowest BCUT2D eigenvalue weighted by Crippen LogP contribution is -2.44. The average molecular weight is 310 g/mol. The molecular formula is C13H18N4O3S. The molecule has 0 radical (unpaired) electrons. The number of fused-ring (bicyclic) bond motifs is 3. The molecule has 2 bridgehead atoms. The van der Waals surface area contributed by atoms with Crippen molar-refractivity contribution in [1.82, 2.24) is 15.2 Å². The van der Waals surface area contributed by atoms with E-state index < -0.39 is 0 Å². The summed E-state index contributed by atoms with van der Waals surface area (Å²) in [6.07, 6.45) is 2.76. The van der Waals surface area contributed by atoms with Gasteiger partial charge >= 0.3 is 0 Å². The lowest BCUT2D eigenvalue weighted by molar-refractivity contribution is -0.133. The molecule has 2 fully saturated rings. The van der Waals surface area contributed by atoms with Crippen molar-refractivity contribution < 1.29 is 14.3 Å². The molecule has 0 spiro atoms. The zero-order valence-corrected chi connectivity index (χ0v) is 12.4. The van der Waals surface area contributed by atoms with Gasteiger partial charge in [-0.15, -0.1) is 11.3 Å². The number of nitrogen functional groups attached to an aromatic ring is 1. The highest BCUT2D eigenvalue weighted by molar-refractivity contribution is 7.15. The SMILES string of the molecule is Nc1ncc(CCC(=O)N2CC3COCC(C2)C(=O)N3)s1. The number of thiazole rings is 1. The molecule has 1 aromatic heterocycles. The molecule has 114 valence electrons. The number of hydrogen-bond donors (Lipinski definition) is 2. The van der Waals surface area contributed by atoms with Crippen molar-refractivity contribution in [2.24, 2.45) is 5.92 Å². The van der Waals surface area contributed by atoms with E-state index in [0.717, 1.165) is 4.88 Å². The normalized spacial score (nSPS) is 25.3. The molecule has 0 aliphatic carbocycles. The standard InChI is InChI=1S/C13H18N4O3S/c14-13-15-3-10(21-13)1-2-11(18)17-4-8-6-20-7-9(5-17)16-12(8)19/h3,8-9H,1-2,4-7H2,(H2,14,15)(H,16,19). The van der Waals surface area contributed by atoms with Crippen LogP contribution in [0.5, 0.6) is 0 Å². The number of anilines is 1. The Bertz CT molecular complexity index is 547. The van der Waals surface area contributed by atoms with Gasteiger partial charge in [0.25, 0.3) is 0 Å². The molecule has 0 aromatic carbocycles. The quantitative estimate of drug-likeness (QED) is 0.794. The Morgan fingerprint density at radius 2 is 2.38 bits per heavy atom. The van der Waals surface area contributed by atoms with Crippen LogP contribution in [0.2, 0.25) is 0 Å². The summed E-state index contributed by atoms with van der Waals surface area (Å²) in [6, 6.07) is -0.104. The number of carbonyl (C=O) groups is 2. The molecule has 2 aliphatic heterocycles. The molecule has 1 aromatic rings. The second-order valence-corrected chi connectivity index (χ2v) is 6.55. The number of amides is 2. The maximum absolute atomic E-state index is 12.4. The van der Waals surface area contributed by atoms with E-state index in [2.05, 4.69) is 10.3 Å². The Morgan fingerprint density at radius 3 is 3.14 bits per heavy atom. The second kappa shape index (κ2) is 5.98. The Balaban J connectivity index is 1.60. The van der Waals surface area contributed by atoms with Gasteiger partial charge in [0, 0.05) is 30.6 Å². The number of nitrogens with two attached hydrogens (primary N) is 1. The number of ether oxygens (including phenoxy) is 1. The smallest absolute Gasteiger partial charge is 0.227 e. The zero-order valence-electron chi connectivity index (χ0n) is 11.6. The van der Waals surface area contributed by atoms with E-state index in [0.29, 0.717) is 44.3 Å². The van der Waals surface area contributed by atoms with Gasteiger partial charge in [0.15, 0.2) is 5.13 Å². The Hall–Kier alpha value is -1.67. The molecular weight excluding hydrogens is 292 g/mol. The number of nitrogens with one attached hydrogen (secondary N) is 1. The maximum Gasteiger partial charge on any atom is 0.227 e. The van der Waals surface area contributed by atoms with Crippen LogP contribution in [0.4, 0.5) is 5.13 Å². The van der Waals surface area contributed by atoms with E-state index >= 15 is 0 Å². The monoisotopic (exact) mass is 310 g/mol. The van der Waals surface area contributed by atoms with E-state index in [1.807, 2.05) is 0 Å². The predicted octanol–water partition coefficient (Wildman–Crippen LogP) is -0.369. The number of hydrogen-bond acceptors (Lipinski definition) is 6. The first-order valence-electron chi connectivity index (χ1n) is 6.98. The van der Waals surface area contributed by atoms with Crippen molar-refractivity contribution in [2.45, 2.75) is 18.9 Å². The van der Waals surface area contributed by atoms with E-state index in [1.54, 1.807) is 11.1 Å². The molecule has 3 rings (SSSR count). The summed E-state index contributed by atoms with van der Waals surface area (Å²) in [5, 5.41) is 3.44. The van der Waals surface area contributed by atoms with Crippen LogP contribution in [-0.4, -0.2) is 54.0 Å². The van der Waals surface area contributed by atoms with Crippen LogP contribution in [0.3, 0.4) is 0 Å². The highest BCUT2D eigenvalue weighted by atomic mass is 32.1. The van der Waals surface area contributed by atoms with Gasteiger partial charge in [0.1, 0.15) is 0 Å². The second-order valence-electron chi connectivity index (χ2n) is 5.40. The number of nitrogens with zero attached hydrogens (tertiary/aromatic N) is 2.